The zero-order valence-corrected chi connectivity index (χ0v) is 12.5. The summed E-state index contributed by atoms with van der Waals surface area (Å²) in [6.45, 7) is 3.81. The minimum atomic E-state index is -0.576. The first-order chi connectivity index (χ1) is 9.86. The van der Waals surface area contributed by atoms with Gasteiger partial charge in [0.1, 0.15) is 11.3 Å². The highest BCUT2D eigenvalue weighted by atomic mass is 16.5. The van der Waals surface area contributed by atoms with Gasteiger partial charge in [-0.05, 0) is 26.0 Å². The van der Waals surface area contributed by atoms with Crippen LogP contribution in [-0.2, 0) is 0 Å². The number of ether oxygens (including phenoxy) is 1. The van der Waals surface area contributed by atoms with Crippen molar-refractivity contribution in [2.75, 3.05) is 14.1 Å². The average Bonchev–Trinajstić information content (AvgIpc) is 2.35. The number of hydrogen-bond donors (Lipinski definition) is 1. The zero-order chi connectivity index (χ0) is 15.6. The summed E-state index contributed by atoms with van der Waals surface area (Å²) in [5.41, 5.74) is 2.63. The summed E-state index contributed by atoms with van der Waals surface area (Å²) in [6.07, 6.45) is 0.00870. The van der Waals surface area contributed by atoms with Crippen molar-refractivity contribution in [3.05, 3.63) is 40.2 Å². The van der Waals surface area contributed by atoms with E-state index in [0.29, 0.717) is 16.7 Å². The number of carbonyl (C=O) groups is 1. The molecule has 1 N–H and O–H groups in total. The van der Waals surface area contributed by atoms with Gasteiger partial charge in [-0.3, -0.25) is 10.2 Å². The molecule has 0 atom stereocenters. The number of hydrogen-bond acceptors (Lipinski definition) is 5. The number of amides is 1. The van der Waals surface area contributed by atoms with Crippen molar-refractivity contribution in [2.24, 2.45) is 0 Å². The number of nitrogens with zero attached hydrogens (tertiary/aromatic N) is 1. The van der Waals surface area contributed by atoms with E-state index in [2.05, 4.69) is 5.43 Å². The lowest BCUT2D eigenvalue weighted by molar-refractivity contribution is 0.0858. The zero-order valence-electron chi connectivity index (χ0n) is 12.5. The molecule has 112 valence electrons. The summed E-state index contributed by atoms with van der Waals surface area (Å²) in [5.74, 6) is 0.223. The van der Waals surface area contributed by atoms with Crippen molar-refractivity contribution in [3.63, 3.8) is 0 Å². The summed E-state index contributed by atoms with van der Waals surface area (Å²) in [6, 6.07) is 6.25. The first kappa shape index (κ1) is 15.1. The lowest BCUT2D eigenvalue weighted by Crippen LogP contribution is -2.36. The average molecular weight is 290 g/mol. The molecule has 0 aliphatic rings. The Labute approximate surface area is 122 Å². The van der Waals surface area contributed by atoms with E-state index in [1.807, 2.05) is 13.8 Å². The molecule has 0 fully saturated rings. The quantitative estimate of drug-likeness (QED) is 0.686. The van der Waals surface area contributed by atoms with E-state index in [0.717, 1.165) is 0 Å². The molecule has 6 nitrogen and oxygen atoms in total. The van der Waals surface area contributed by atoms with Gasteiger partial charge in [-0.15, -0.1) is 0 Å². The van der Waals surface area contributed by atoms with Gasteiger partial charge in [-0.2, -0.15) is 0 Å². The summed E-state index contributed by atoms with van der Waals surface area (Å²) in [7, 11) is 3.39. The van der Waals surface area contributed by atoms with E-state index in [4.69, 9.17) is 9.15 Å². The van der Waals surface area contributed by atoms with Crippen LogP contribution in [-0.4, -0.2) is 31.1 Å². The monoisotopic (exact) mass is 290 g/mol. The van der Waals surface area contributed by atoms with Gasteiger partial charge in [0, 0.05) is 31.6 Å². The predicted octanol–water partition coefficient (Wildman–Crippen LogP) is 1.79. The molecule has 0 bridgehead atoms. The Hall–Kier alpha value is -2.34. The third kappa shape index (κ3) is 3.61. The number of carbonyl (C=O) groups excluding carboxylic acids is 1. The Morgan fingerprint density at radius 3 is 2.62 bits per heavy atom. The maximum absolute atomic E-state index is 12.1. The van der Waals surface area contributed by atoms with Gasteiger partial charge >= 0.3 is 5.63 Å². The van der Waals surface area contributed by atoms with Crippen molar-refractivity contribution in [3.8, 4) is 5.75 Å². The summed E-state index contributed by atoms with van der Waals surface area (Å²) >= 11 is 0. The molecular formula is C15H18N2O4. The second kappa shape index (κ2) is 5.97. The van der Waals surface area contributed by atoms with Gasteiger partial charge in [0.2, 0.25) is 0 Å². The van der Waals surface area contributed by atoms with Gasteiger partial charge in [0.25, 0.3) is 5.91 Å². The van der Waals surface area contributed by atoms with Crippen molar-refractivity contribution in [1.29, 1.82) is 0 Å². The number of hydrazine groups is 1. The molecule has 0 saturated carbocycles. The fraction of sp³-hybridized carbons (Fsp3) is 0.333. The van der Waals surface area contributed by atoms with Crippen molar-refractivity contribution in [2.45, 2.75) is 20.0 Å². The van der Waals surface area contributed by atoms with Gasteiger partial charge < -0.3 is 9.15 Å². The predicted molar refractivity (Wildman–Crippen MR) is 79.4 cm³/mol. The Kier molecular flexibility index (Phi) is 4.28. The highest BCUT2D eigenvalue weighted by molar-refractivity contribution is 6.05. The second-order valence-electron chi connectivity index (χ2n) is 5.14. The number of nitrogens with one attached hydrogen (secondary N) is 1. The molecule has 0 unspecified atom stereocenters. The molecule has 1 amide bonds. The largest absolute Gasteiger partial charge is 0.491 e. The van der Waals surface area contributed by atoms with Gasteiger partial charge in [0.15, 0.2) is 0 Å². The van der Waals surface area contributed by atoms with Crippen molar-refractivity contribution < 1.29 is 13.9 Å². The molecule has 0 spiro atoms. The lowest BCUT2D eigenvalue weighted by atomic mass is 10.1. The SMILES string of the molecule is CC(C)Oc1ccc2c(C(=O)NN(C)C)cc(=O)oc2c1. The molecule has 6 heteroatoms. The number of rotatable bonds is 4. The van der Waals surface area contributed by atoms with Crippen LogP contribution in [0.2, 0.25) is 0 Å². The molecule has 21 heavy (non-hydrogen) atoms. The van der Waals surface area contributed by atoms with Crippen LogP contribution >= 0.6 is 0 Å². The highest BCUT2D eigenvalue weighted by Crippen LogP contribution is 2.23. The maximum Gasteiger partial charge on any atom is 0.337 e. The summed E-state index contributed by atoms with van der Waals surface area (Å²) in [4.78, 5) is 23.7. The third-order valence-corrected chi connectivity index (χ3v) is 2.66. The third-order valence-electron chi connectivity index (χ3n) is 2.66. The van der Waals surface area contributed by atoms with Crippen LogP contribution in [0.3, 0.4) is 0 Å². The molecule has 0 saturated heterocycles. The van der Waals surface area contributed by atoms with Crippen LogP contribution in [0.25, 0.3) is 11.0 Å². The molecule has 2 rings (SSSR count). The molecule has 0 radical (unpaired) electrons. The maximum atomic E-state index is 12.1. The topological polar surface area (TPSA) is 71.8 Å². The van der Waals surface area contributed by atoms with E-state index in [1.165, 1.54) is 11.1 Å². The molecule has 1 heterocycles. The van der Waals surface area contributed by atoms with Crippen LogP contribution in [0.15, 0.2) is 33.5 Å². The minimum Gasteiger partial charge on any atom is -0.491 e. The molecule has 0 aliphatic heterocycles. The van der Waals surface area contributed by atoms with E-state index in [1.54, 1.807) is 32.3 Å². The number of fused-ring (bicyclic) bond motifs is 1. The Morgan fingerprint density at radius 2 is 2.00 bits per heavy atom. The smallest absolute Gasteiger partial charge is 0.337 e. The van der Waals surface area contributed by atoms with Crippen LogP contribution in [0.4, 0.5) is 0 Å². The van der Waals surface area contributed by atoms with Gasteiger partial charge in [-0.25, -0.2) is 9.80 Å². The summed E-state index contributed by atoms with van der Waals surface area (Å²) in [5, 5.41) is 2.07. The second-order valence-corrected chi connectivity index (χ2v) is 5.14. The normalized spacial score (nSPS) is 11.1. The molecular weight excluding hydrogens is 272 g/mol. The first-order valence-electron chi connectivity index (χ1n) is 6.59. The molecule has 2 aromatic rings. The fourth-order valence-corrected chi connectivity index (χ4v) is 1.94. The molecule has 1 aromatic heterocycles. The lowest BCUT2D eigenvalue weighted by Gasteiger charge is -2.13. The molecule has 1 aromatic carbocycles. The first-order valence-corrected chi connectivity index (χ1v) is 6.59. The Bertz CT molecular complexity index is 719. The van der Waals surface area contributed by atoms with Crippen LogP contribution in [0.5, 0.6) is 5.75 Å². The van der Waals surface area contributed by atoms with Gasteiger partial charge in [0.05, 0.1) is 11.7 Å². The minimum absolute atomic E-state index is 0.00870. The number of benzene rings is 1. The van der Waals surface area contributed by atoms with Crippen LogP contribution < -0.4 is 15.8 Å². The van der Waals surface area contributed by atoms with E-state index >= 15 is 0 Å². The van der Waals surface area contributed by atoms with Crippen LogP contribution in [0, 0.1) is 0 Å². The van der Waals surface area contributed by atoms with E-state index in [9.17, 15) is 9.59 Å². The van der Waals surface area contributed by atoms with Crippen LogP contribution in [0.1, 0.15) is 24.2 Å². The van der Waals surface area contributed by atoms with E-state index in [-0.39, 0.29) is 17.6 Å². The highest BCUT2D eigenvalue weighted by Gasteiger charge is 2.14. The Morgan fingerprint density at radius 1 is 1.29 bits per heavy atom. The fourth-order valence-electron chi connectivity index (χ4n) is 1.94. The van der Waals surface area contributed by atoms with E-state index < -0.39 is 5.63 Å². The van der Waals surface area contributed by atoms with Crippen molar-refractivity contribution >= 4 is 16.9 Å². The Balaban J connectivity index is 2.52. The van der Waals surface area contributed by atoms with Crippen molar-refractivity contribution in [1.82, 2.24) is 10.4 Å². The van der Waals surface area contributed by atoms with Gasteiger partial charge in [-0.1, -0.05) is 0 Å². The molecule has 0 aliphatic carbocycles. The standard InChI is InChI=1S/C15H18N2O4/c1-9(2)20-10-5-6-11-12(15(19)16-17(3)4)8-14(18)21-13(11)7-10/h5-9H,1-4H3,(H,16,19). The summed E-state index contributed by atoms with van der Waals surface area (Å²) < 4.78 is 10.7.